The molecule has 224 valence electrons. The first-order valence-corrected chi connectivity index (χ1v) is 13.3. The van der Waals surface area contributed by atoms with Crippen LogP contribution in [0, 0.1) is 0 Å². The molecule has 0 N–H and O–H groups in total. The van der Waals surface area contributed by atoms with Gasteiger partial charge in [-0.05, 0) is 49.5 Å². The van der Waals surface area contributed by atoms with Crippen LogP contribution in [0.5, 0.6) is 0 Å². The van der Waals surface area contributed by atoms with Gasteiger partial charge in [-0.3, -0.25) is 0 Å². The lowest BCUT2D eigenvalue weighted by Gasteiger charge is -2.16. The smallest absolute Gasteiger partial charge is 0.304 e. The fraction of sp³-hybridized carbons (Fsp3) is 0.241. The Balaban J connectivity index is 1.67. The van der Waals surface area contributed by atoms with Crippen LogP contribution in [0.1, 0.15) is 28.1 Å². The molecule has 43 heavy (non-hydrogen) atoms. The van der Waals surface area contributed by atoms with E-state index in [1.165, 1.54) is 4.68 Å². The van der Waals surface area contributed by atoms with Gasteiger partial charge in [0.15, 0.2) is 11.5 Å². The van der Waals surface area contributed by atoms with Crippen molar-refractivity contribution in [3.05, 3.63) is 106 Å². The first-order chi connectivity index (χ1) is 20.3. The third-order valence-corrected chi connectivity index (χ3v) is 6.91. The van der Waals surface area contributed by atoms with Gasteiger partial charge in [0, 0.05) is 10.6 Å². The summed E-state index contributed by atoms with van der Waals surface area (Å²) < 4.78 is 84.4. The zero-order valence-electron chi connectivity index (χ0n) is 22.8. The van der Waals surface area contributed by atoms with Crippen LogP contribution in [-0.4, -0.2) is 48.8 Å². The molecular weight excluding hydrogens is 596 g/mol. The zero-order valence-corrected chi connectivity index (χ0v) is 23.6. The van der Waals surface area contributed by atoms with Crippen molar-refractivity contribution in [2.75, 3.05) is 14.1 Å². The second kappa shape index (κ2) is 11.8. The summed E-state index contributed by atoms with van der Waals surface area (Å²) in [5.74, 6) is 0.892. The monoisotopic (exact) mass is 619 g/mol. The highest BCUT2D eigenvalue weighted by atomic mass is 35.5. The molecule has 5 rings (SSSR count). The van der Waals surface area contributed by atoms with Gasteiger partial charge in [0.2, 0.25) is 0 Å². The third-order valence-electron chi connectivity index (χ3n) is 6.55. The van der Waals surface area contributed by atoms with Crippen LogP contribution in [0.2, 0.25) is 5.02 Å². The molecule has 3 aromatic carbocycles. The van der Waals surface area contributed by atoms with Gasteiger partial charge in [-0.25, -0.2) is 4.68 Å². The molecule has 0 saturated carbocycles. The molecule has 0 aliphatic carbocycles. The first kappa shape index (κ1) is 30.2. The predicted octanol–water partition coefficient (Wildman–Crippen LogP) is 7.05. The molecule has 0 spiro atoms. The minimum Gasteiger partial charge on any atom is -0.304 e. The summed E-state index contributed by atoms with van der Waals surface area (Å²) in [6.45, 7) is 0.263. The predicted molar refractivity (Wildman–Crippen MR) is 148 cm³/mol. The molecule has 0 bridgehead atoms. The van der Waals surface area contributed by atoms with E-state index >= 15 is 0 Å². The highest BCUT2D eigenvalue weighted by Gasteiger charge is 2.37. The van der Waals surface area contributed by atoms with Crippen LogP contribution in [0.3, 0.4) is 0 Å². The zero-order chi connectivity index (χ0) is 30.9. The van der Waals surface area contributed by atoms with E-state index < -0.39 is 30.0 Å². The Hall–Kier alpha value is -4.23. The standard InChI is InChI=1S/C29H24ClF6N7/c1-41(2)17-24-37-39-27(42(24)16-20-10-6-7-11-23(20)30)25-26(19-8-4-3-5-9-19)43(40-38-25)15-18-12-21(28(31,32)33)14-22(13-18)29(34,35)36/h3-14H,15-17H2,1-2H3. The van der Waals surface area contributed by atoms with Gasteiger partial charge in [0.05, 0.1) is 30.8 Å². The average molecular weight is 620 g/mol. The van der Waals surface area contributed by atoms with Crippen LogP contribution in [0.25, 0.3) is 22.8 Å². The lowest BCUT2D eigenvalue weighted by Crippen LogP contribution is -2.17. The summed E-state index contributed by atoms with van der Waals surface area (Å²) >= 11 is 6.45. The molecule has 2 aromatic heterocycles. The third kappa shape index (κ3) is 6.73. The van der Waals surface area contributed by atoms with Crippen molar-refractivity contribution >= 4 is 11.6 Å². The second-order valence-corrected chi connectivity index (χ2v) is 10.5. The molecule has 0 amide bonds. The van der Waals surface area contributed by atoms with Gasteiger partial charge in [-0.15, -0.1) is 15.3 Å². The number of halogens is 7. The summed E-state index contributed by atoms with van der Waals surface area (Å²) in [4.78, 5) is 1.90. The lowest BCUT2D eigenvalue weighted by molar-refractivity contribution is -0.143. The highest BCUT2D eigenvalue weighted by molar-refractivity contribution is 6.31. The quantitative estimate of drug-likeness (QED) is 0.174. The van der Waals surface area contributed by atoms with E-state index in [0.29, 0.717) is 46.6 Å². The van der Waals surface area contributed by atoms with Crippen molar-refractivity contribution < 1.29 is 26.3 Å². The Kier molecular flexibility index (Phi) is 8.30. The van der Waals surface area contributed by atoms with Crippen molar-refractivity contribution in [1.29, 1.82) is 0 Å². The molecule has 0 aliphatic heterocycles. The van der Waals surface area contributed by atoms with E-state index in [1.807, 2.05) is 35.7 Å². The van der Waals surface area contributed by atoms with Crippen LogP contribution in [0.15, 0.2) is 72.8 Å². The maximum Gasteiger partial charge on any atom is 0.416 e. The molecule has 0 unspecified atom stereocenters. The minimum atomic E-state index is -4.98. The van der Waals surface area contributed by atoms with E-state index in [-0.39, 0.29) is 23.9 Å². The number of hydrogen-bond acceptors (Lipinski definition) is 5. The molecule has 7 nitrogen and oxygen atoms in total. The fourth-order valence-electron chi connectivity index (χ4n) is 4.61. The SMILES string of the molecule is CN(C)Cc1nnc(-c2nnn(Cc3cc(C(F)(F)F)cc(C(F)(F)F)c3)c2-c2ccccc2)n1Cc1ccccc1Cl. The molecule has 5 aromatic rings. The summed E-state index contributed by atoms with van der Waals surface area (Å²) in [6.07, 6.45) is -9.96. The van der Waals surface area contributed by atoms with Gasteiger partial charge >= 0.3 is 12.4 Å². The first-order valence-electron chi connectivity index (χ1n) is 12.9. The van der Waals surface area contributed by atoms with Crippen molar-refractivity contribution in [2.45, 2.75) is 32.0 Å². The van der Waals surface area contributed by atoms with Crippen LogP contribution < -0.4 is 0 Å². The lowest BCUT2D eigenvalue weighted by atomic mass is 10.0. The van der Waals surface area contributed by atoms with Crippen molar-refractivity contribution in [1.82, 2.24) is 34.7 Å². The van der Waals surface area contributed by atoms with E-state index in [1.54, 1.807) is 42.5 Å². The van der Waals surface area contributed by atoms with Gasteiger partial charge in [-0.1, -0.05) is 65.3 Å². The molecular formula is C29H24ClF6N7. The Labute approximate surface area is 247 Å². The number of hydrogen-bond donors (Lipinski definition) is 0. The number of nitrogens with zero attached hydrogens (tertiary/aromatic N) is 7. The largest absolute Gasteiger partial charge is 0.416 e. The van der Waals surface area contributed by atoms with Crippen molar-refractivity contribution in [3.8, 4) is 22.8 Å². The Morgan fingerprint density at radius 1 is 0.767 bits per heavy atom. The molecule has 2 heterocycles. The molecule has 0 aliphatic rings. The molecule has 14 heteroatoms. The van der Waals surface area contributed by atoms with E-state index in [9.17, 15) is 26.3 Å². The van der Waals surface area contributed by atoms with Crippen LogP contribution in [0.4, 0.5) is 26.3 Å². The molecule has 0 atom stereocenters. The highest BCUT2D eigenvalue weighted by Crippen LogP contribution is 2.37. The average Bonchev–Trinajstić information content (AvgIpc) is 3.52. The van der Waals surface area contributed by atoms with Gasteiger partial charge < -0.3 is 9.47 Å². The van der Waals surface area contributed by atoms with Crippen molar-refractivity contribution in [2.24, 2.45) is 0 Å². The number of aromatic nitrogens is 6. The Morgan fingerprint density at radius 2 is 1.40 bits per heavy atom. The number of alkyl halides is 6. The maximum atomic E-state index is 13.6. The Morgan fingerprint density at radius 3 is 2.00 bits per heavy atom. The Bertz CT molecular complexity index is 1690. The van der Waals surface area contributed by atoms with E-state index in [4.69, 9.17) is 11.6 Å². The number of rotatable bonds is 8. The van der Waals surface area contributed by atoms with Gasteiger partial charge in [0.1, 0.15) is 11.5 Å². The van der Waals surface area contributed by atoms with Crippen molar-refractivity contribution in [3.63, 3.8) is 0 Å². The van der Waals surface area contributed by atoms with Gasteiger partial charge in [-0.2, -0.15) is 26.3 Å². The topological polar surface area (TPSA) is 64.7 Å². The van der Waals surface area contributed by atoms with E-state index in [0.717, 1.165) is 5.56 Å². The summed E-state index contributed by atoms with van der Waals surface area (Å²) in [7, 11) is 3.73. The number of benzene rings is 3. The summed E-state index contributed by atoms with van der Waals surface area (Å²) in [5.41, 5.74) is -1.12. The minimum absolute atomic E-state index is 0.0951. The van der Waals surface area contributed by atoms with E-state index in [2.05, 4.69) is 20.5 Å². The summed E-state index contributed by atoms with van der Waals surface area (Å²) in [6, 6.07) is 17.4. The van der Waals surface area contributed by atoms with Crippen LogP contribution in [-0.2, 0) is 32.0 Å². The summed E-state index contributed by atoms with van der Waals surface area (Å²) in [5, 5.41) is 17.8. The van der Waals surface area contributed by atoms with Crippen LogP contribution >= 0.6 is 11.6 Å². The normalized spacial score (nSPS) is 12.3. The fourth-order valence-corrected chi connectivity index (χ4v) is 4.81. The molecule has 0 saturated heterocycles. The van der Waals surface area contributed by atoms with Gasteiger partial charge in [0.25, 0.3) is 0 Å². The second-order valence-electron chi connectivity index (χ2n) is 10.1. The molecule has 0 fully saturated rings. The maximum absolute atomic E-state index is 13.6. The molecule has 0 radical (unpaired) electrons.